The maximum Gasteiger partial charge on any atom is 0.225 e. The van der Waals surface area contributed by atoms with Gasteiger partial charge in [-0.15, -0.1) is 0 Å². The molecule has 6 rings (SSSR count). The number of pyridine rings is 1. The number of amides is 1. The summed E-state index contributed by atoms with van der Waals surface area (Å²) in [5, 5.41) is 0. The number of carbonyl (C=O) groups is 1. The monoisotopic (exact) mass is 494 g/mol. The molecule has 2 aliphatic rings. The second-order valence-electron chi connectivity index (χ2n) is 10.2. The molecule has 1 aliphatic heterocycles. The number of imidazole rings is 1. The van der Waals surface area contributed by atoms with Crippen molar-refractivity contribution in [3.05, 3.63) is 78.6 Å². The lowest BCUT2D eigenvalue weighted by Crippen LogP contribution is -2.49. The fraction of sp³-hybridized carbons (Fsp3) is 0.355. The molecule has 0 radical (unpaired) electrons. The standard InChI is InChI=1S/C31H34N4O2/c1-37-27-13-7-12-25(20-27)30-28(22-33-16-18-34(19-17-33)31(36)24-10-5-6-11-24)35-21-26(14-15-29(35)32-30)23-8-3-2-4-9-23/h2-4,7-9,12-15,20-21,24H,5-6,10-11,16-19,22H2,1H3. The van der Waals surface area contributed by atoms with Gasteiger partial charge in [-0.3, -0.25) is 9.69 Å². The molecule has 2 fully saturated rings. The molecule has 0 atom stereocenters. The number of hydrogen-bond acceptors (Lipinski definition) is 4. The van der Waals surface area contributed by atoms with Gasteiger partial charge in [0.1, 0.15) is 11.4 Å². The van der Waals surface area contributed by atoms with E-state index < -0.39 is 0 Å². The van der Waals surface area contributed by atoms with Crippen molar-refractivity contribution in [2.45, 2.75) is 32.2 Å². The van der Waals surface area contributed by atoms with Gasteiger partial charge in [0.15, 0.2) is 0 Å². The van der Waals surface area contributed by atoms with E-state index in [0.717, 1.165) is 79.5 Å². The quantitative estimate of drug-likeness (QED) is 0.355. The number of rotatable bonds is 6. The van der Waals surface area contributed by atoms with Crippen LogP contribution in [0.2, 0.25) is 0 Å². The number of fused-ring (bicyclic) bond motifs is 1. The van der Waals surface area contributed by atoms with E-state index in [4.69, 9.17) is 9.72 Å². The van der Waals surface area contributed by atoms with Gasteiger partial charge in [-0.2, -0.15) is 0 Å². The first-order chi connectivity index (χ1) is 18.2. The third-order valence-corrected chi connectivity index (χ3v) is 7.93. The average Bonchev–Trinajstić information content (AvgIpc) is 3.62. The molecule has 4 aromatic rings. The molecule has 1 amide bonds. The smallest absolute Gasteiger partial charge is 0.225 e. The van der Waals surface area contributed by atoms with Gasteiger partial charge >= 0.3 is 0 Å². The Morgan fingerprint density at radius 1 is 0.892 bits per heavy atom. The minimum atomic E-state index is 0.251. The van der Waals surface area contributed by atoms with Gasteiger partial charge in [0.2, 0.25) is 5.91 Å². The van der Waals surface area contributed by atoms with Crippen LogP contribution in [0.3, 0.4) is 0 Å². The summed E-state index contributed by atoms with van der Waals surface area (Å²) in [5.41, 5.74) is 6.48. The Bertz CT molecular complexity index is 1380. The maximum atomic E-state index is 13.0. The Kier molecular flexibility index (Phi) is 6.66. The molecule has 1 saturated heterocycles. The van der Waals surface area contributed by atoms with Crippen molar-refractivity contribution in [3.63, 3.8) is 0 Å². The second-order valence-corrected chi connectivity index (χ2v) is 10.2. The molecule has 6 heteroatoms. The van der Waals surface area contributed by atoms with Gasteiger partial charge in [-0.1, -0.05) is 55.3 Å². The van der Waals surface area contributed by atoms with E-state index in [9.17, 15) is 4.79 Å². The minimum absolute atomic E-state index is 0.251. The molecule has 1 saturated carbocycles. The summed E-state index contributed by atoms with van der Waals surface area (Å²) in [6.45, 7) is 4.13. The minimum Gasteiger partial charge on any atom is -0.497 e. The highest BCUT2D eigenvalue weighted by molar-refractivity contribution is 5.79. The van der Waals surface area contributed by atoms with Crippen molar-refractivity contribution in [2.75, 3.05) is 33.3 Å². The zero-order chi connectivity index (χ0) is 25.2. The SMILES string of the molecule is COc1cccc(-c2nc3ccc(-c4ccccc4)cn3c2CN2CCN(C(=O)C3CCCC3)CC2)c1. The van der Waals surface area contributed by atoms with Gasteiger partial charge < -0.3 is 14.0 Å². The van der Waals surface area contributed by atoms with Crippen molar-refractivity contribution >= 4 is 11.6 Å². The zero-order valence-corrected chi connectivity index (χ0v) is 21.5. The molecule has 1 aliphatic carbocycles. The van der Waals surface area contributed by atoms with Gasteiger partial charge in [0, 0.05) is 50.4 Å². The van der Waals surface area contributed by atoms with Crippen molar-refractivity contribution in [3.8, 4) is 28.1 Å². The van der Waals surface area contributed by atoms with Crippen LogP contribution in [0.4, 0.5) is 0 Å². The molecule has 190 valence electrons. The van der Waals surface area contributed by atoms with E-state index in [-0.39, 0.29) is 5.92 Å². The lowest BCUT2D eigenvalue weighted by Gasteiger charge is -2.36. The van der Waals surface area contributed by atoms with Gasteiger partial charge in [-0.05, 0) is 48.2 Å². The highest BCUT2D eigenvalue weighted by Crippen LogP contribution is 2.31. The van der Waals surface area contributed by atoms with Crippen LogP contribution in [-0.2, 0) is 11.3 Å². The molecular weight excluding hydrogens is 460 g/mol. The van der Waals surface area contributed by atoms with Crippen LogP contribution in [0.15, 0.2) is 72.9 Å². The van der Waals surface area contributed by atoms with Crippen LogP contribution in [0.1, 0.15) is 31.4 Å². The van der Waals surface area contributed by atoms with E-state index in [1.54, 1.807) is 7.11 Å². The predicted molar refractivity (Wildman–Crippen MR) is 146 cm³/mol. The van der Waals surface area contributed by atoms with Crippen LogP contribution in [0.25, 0.3) is 28.0 Å². The molecule has 6 nitrogen and oxygen atoms in total. The largest absolute Gasteiger partial charge is 0.497 e. The fourth-order valence-electron chi connectivity index (χ4n) is 5.82. The molecular formula is C31H34N4O2. The number of ether oxygens (including phenoxy) is 1. The maximum absolute atomic E-state index is 13.0. The predicted octanol–water partition coefficient (Wildman–Crippen LogP) is 5.51. The number of nitrogens with zero attached hydrogens (tertiary/aromatic N) is 4. The van der Waals surface area contributed by atoms with Crippen LogP contribution in [0, 0.1) is 5.92 Å². The second kappa shape index (κ2) is 10.4. The van der Waals surface area contributed by atoms with Gasteiger partial charge in [-0.25, -0.2) is 4.98 Å². The summed E-state index contributed by atoms with van der Waals surface area (Å²) < 4.78 is 7.75. The third kappa shape index (κ3) is 4.86. The number of benzene rings is 2. The molecule has 0 N–H and O–H groups in total. The first-order valence-electron chi connectivity index (χ1n) is 13.4. The lowest BCUT2D eigenvalue weighted by molar-refractivity contribution is -0.137. The van der Waals surface area contributed by atoms with Crippen molar-refractivity contribution in [2.24, 2.45) is 5.92 Å². The molecule has 2 aromatic heterocycles. The summed E-state index contributed by atoms with van der Waals surface area (Å²) in [4.78, 5) is 22.6. The first-order valence-corrected chi connectivity index (χ1v) is 13.4. The molecule has 37 heavy (non-hydrogen) atoms. The Labute approximate surface area is 218 Å². The summed E-state index contributed by atoms with van der Waals surface area (Å²) in [6.07, 6.45) is 6.73. The van der Waals surface area contributed by atoms with Crippen molar-refractivity contribution in [1.29, 1.82) is 0 Å². The van der Waals surface area contributed by atoms with E-state index in [2.05, 4.69) is 68.9 Å². The Hall–Kier alpha value is -3.64. The van der Waals surface area contributed by atoms with E-state index in [1.165, 1.54) is 18.4 Å². The van der Waals surface area contributed by atoms with E-state index in [1.807, 2.05) is 18.2 Å². The normalized spacial score (nSPS) is 16.9. The zero-order valence-electron chi connectivity index (χ0n) is 21.5. The number of methoxy groups -OCH3 is 1. The number of hydrogen-bond donors (Lipinski definition) is 0. The number of carbonyl (C=O) groups excluding carboxylic acids is 1. The molecule has 0 spiro atoms. The molecule has 0 bridgehead atoms. The molecule has 2 aromatic carbocycles. The van der Waals surface area contributed by atoms with Gasteiger partial charge in [0.05, 0.1) is 18.5 Å². The number of aromatic nitrogens is 2. The average molecular weight is 495 g/mol. The highest BCUT2D eigenvalue weighted by atomic mass is 16.5. The Morgan fingerprint density at radius 3 is 2.41 bits per heavy atom. The van der Waals surface area contributed by atoms with Crippen molar-refractivity contribution < 1.29 is 9.53 Å². The van der Waals surface area contributed by atoms with Crippen LogP contribution < -0.4 is 4.74 Å². The lowest BCUT2D eigenvalue weighted by atomic mass is 10.1. The summed E-state index contributed by atoms with van der Waals surface area (Å²) >= 11 is 0. The third-order valence-electron chi connectivity index (χ3n) is 7.93. The Morgan fingerprint density at radius 2 is 1.65 bits per heavy atom. The Balaban J connectivity index is 1.31. The van der Waals surface area contributed by atoms with Crippen molar-refractivity contribution in [1.82, 2.24) is 19.2 Å². The summed E-state index contributed by atoms with van der Waals surface area (Å²) in [7, 11) is 1.70. The molecule has 0 unspecified atom stereocenters. The van der Waals surface area contributed by atoms with Crippen LogP contribution in [0.5, 0.6) is 5.75 Å². The molecule has 3 heterocycles. The number of piperazine rings is 1. The fourth-order valence-corrected chi connectivity index (χ4v) is 5.82. The topological polar surface area (TPSA) is 50.1 Å². The van der Waals surface area contributed by atoms with E-state index >= 15 is 0 Å². The summed E-state index contributed by atoms with van der Waals surface area (Å²) in [6, 6.07) is 22.9. The van der Waals surface area contributed by atoms with Crippen LogP contribution in [-0.4, -0.2) is 58.4 Å². The van der Waals surface area contributed by atoms with Gasteiger partial charge in [0.25, 0.3) is 0 Å². The first kappa shape index (κ1) is 23.7. The van der Waals surface area contributed by atoms with Crippen LogP contribution >= 0.6 is 0 Å². The van der Waals surface area contributed by atoms with E-state index in [0.29, 0.717) is 5.91 Å². The highest BCUT2D eigenvalue weighted by Gasteiger charge is 2.30. The summed E-state index contributed by atoms with van der Waals surface area (Å²) in [5.74, 6) is 1.45.